The largest absolute Gasteiger partial charge is 0.376 e. The molecular formula is C18H31NO2. The van der Waals surface area contributed by atoms with Crippen LogP contribution in [-0.4, -0.2) is 31.9 Å². The summed E-state index contributed by atoms with van der Waals surface area (Å²) in [5.41, 5.74) is 2.59. The fraction of sp³-hybridized carbons (Fsp3) is 0.667. The zero-order valence-corrected chi connectivity index (χ0v) is 14.2. The predicted molar refractivity (Wildman–Crippen MR) is 88.7 cm³/mol. The molecule has 3 nitrogen and oxygen atoms in total. The van der Waals surface area contributed by atoms with E-state index in [9.17, 15) is 0 Å². The molecule has 0 saturated carbocycles. The maximum Gasteiger partial charge on any atom is 0.0718 e. The van der Waals surface area contributed by atoms with Crippen molar-refractivity contribution in [3.8, 4) is 0 Å². The lowest BCUT2D eigenvalue weighted by Crippen LogP contribution is -2.26. The second-order valence-corrected chi connectivity index (χ2v) is 6.18. The molecule has 1 N–H and O–H groups in total. The minimum atomic E-state index is 0.272. The lowest BCUT2D eigenvalue weighted by molar-refractivity contribution is 0.0143. The zero-order chi connectivity index (χ0) is 15.7. The summed E-state index contributed by atoms with van der Waals surface area (Å²) in [6.07, 6.45) is 0.272. The Hall–Kier alpha value is -0.900. The standard InChI is InChI=1S/C18H31NO2/c1-14(2)19-12-16(5)18-8-6-17(7-9-18)13-20-10-11-21-15(3)4/h6-9,14-16,19H,10-13H2,1-5H3. The summed E-state index contributed by atoms with van der Waals surface area (Å²) in [4.78, 5) is 0. The minimum Gasteiger partial charge on any atom is -0.376 e. The average molecular weight is 293 g/mol. The molecule has 0 heterocycles. The first-order valence-electron chi connectivity index (χ1n) is 8.00. The van der Waals surface area contributed by atoms with Crippen LogP contribution in [0.3, 0.4) is 0 Å². The molecule has 1 aromatic rings. The molecule has 0 aromatic heterocycles. The Labute approximate surface area is 130 Å². The van der Waals surface area contributed by atoms with Gasteiger partial charge in [0.05, 0.1) is 25.9 Å². The number of ether oxygens (including phenoxy) is 2. The summed E-state index contributed by atoms with van der Waals surface area (Å²) in [6.45, 7) is 13.7. The summed E-state index contributed by atoms with van der Waals surface area (Å²) in [5.74, 6) is 0.529. The van der Waals surface area contributed by atoms with Crippen molar-refractivity contribution in [1.29, 1.82) is 0 Å². The molecule has 0 amide bonds. The quantitative estimate of drug-likeness (QED) is 0.667. The molecule has 21 heavy (non-hydrogen) atoms. The molecule has 0 spiro atoms. The number of nitrogens with one attached hydrogen (secondary N) is 1. The second-order valence-electron chi connectivity index (χ2n) is 6.18. The van der Waals surface area contributed by atoms with E-state index in [1.165, 1.54) is 11.1 Å². The normalized spacial score (nSPS) is 13.1. The van der Waals surface area contributed by atoms with Crippen LogP contribution in [0, 0.1) is 0 Å². The fourth-order valence-electron chi connectivity index (χ4n) is 2.01. The average Bonchev–Trinajstić information content (AvgIpc) is 2.44. The van der Waals surface area contributed by atoms with Crippen molar-refractivity contribution >= 4 is 0 Å². The van der Waals surface area contributed by atoms with Crippen LogP contribution in [-0.2, 0) is 16.1 Å². The molecule has 0 aliphatic carbocycles. The molecule has 0 aliphatic heterocycles. The van der Waals surface area contributed by atoms with E-state index in [2.05, 4.69) is 50.4 Å². The Morgan fingerprint density at radius 1 is 0.952 bits per heavy atom. The number of hydrogen-bond donors (Lipinski definition) is 1. The minimum absolute atomic E-state index is 0.272. The van der Waals surface area contributed by atoms with Crippen LogP contribution in [0.2, 0.25) is 0 Å². The van der Waals surface area contributed by atoms with E-state index in [4.69, 9.17) is 9.47 Å². The van der Waals surface area contributed by atoms with Gasteiger partial charge in [-0.1, -0.05) is 45.0 Å². The summed E-state index contributed by atoms with van der Waals surface area (Å²) in [7, 11) is 0. The first-order chi connectivity index (χ1) is 9.99. The highest BCUT2D eigenvalue weighted by atomic mass is 16.5. The van der Waals surface area contributed by atoms with Gasteiger partial charge in [-0.2, -0.15) is 0 Å². The Morgan fingerprint density at radius 3 is 2.19 bits per heavy atom. The van der Waals surface area contributed by atoms with Crippen molar-refractivity contribution in [1.82, 2.24) is 5.32 Å². The van der Waals surface area contributed by atoms with E-state index in [1.54, 1.807) is 0 Å². The zero-order valence-electron chi connectivity index (χ0n) is 14.2. The topological polar surface area (TPSA) is 30.5 Å². The summed E-state index contributed by atoms with van der Waals surface area (Å²) in [5, 5.41) is 3.48. The van der Waals surface area contributed by atoms with Crippen molar-refractivity contribution in [3.63, 3.8) is 0 Å². The molecule has 0 bridgehead atoms. The van der Waals surface area contributed by atoms with Gasteiger partial charge in [-0.3, -0.25) is 0 Å². The Balaban J connectivity index is 2.29. The Morgan fingerprint density at radius 2 is 1.62 bits per heavy atom. The molecule has 3 heteroatoms. The summed E-state index contributed by atoms with van der Waals surface area (Å²) >= 11 is 0. The van der Waals surface area contributed by atoms with Crippen molar-refractivity contribution < 1.29 is 9.47 Å². The van der Waals surface area contributed by atoms with Gasteiger partial charge in [0.1, 0.15) is 0 Å². The number of hydrogen-bond acceptors (Lipinski definition) is 3. The van der Waals surface area contributed by atoms with Crippen LogP contribution >= 0.6 is 0 Å². The maximum atomic E-state index is 5.61. The Bertz CT molecular complexity index is 373. The van der Waals surface area contributed by atoms with E-state index < -0.39 is 0 Å². The van der Waals surface area contributed by atoms with Crippen LogP contribution in [0.5, 0.6) is 0 Å². The van der Waals surface area contributed by atoms with Crippen LogP contribution in [0.15, 0.2) is 24.3 Å². The van der Waals surface area contributed by atoms with Crippen molar-refractivity contribution in [3.05, 3.63) is 35.4 Å². The van der Waals surface area contributed by atoms with E-state index in [0.717, 1.165) is 6.54 Å². The molecule has 0 radical (unpaired) electrons. The van der Waals surface area contributed by atoms with Crippen molar-refractivity contribution in [2.45, 2.75) is 59.3 Å². The van der Waals surface area contributed by atoms with Crippen molar-refractivity contribution in [2.24, 2.45) is 0 Å². The van der Waals surface area contributed by atoms with Gasteiger partial charge >= 0.3 is 0 Å². The Kier molecular flexibility index (Phi) is 8.58. The van der Waals surface area contributed by atoms with E-state index in [1.807, 2.05) is 13.8 Å². The summed E-state index contributed by atoms with van der Waals surface area (Å²) in [6, 6.07) is 9.26. The SMILES string of the molecule is CC(C)NCC(C)c1ccc(COCCOC(C)C)cc1. The molecule has 1 unspecified atom stereocenters. The second kappa shape index (κ2) is 9.93. The highest BCUT2D eigenvalue weighted by molar-refractivity contribution is 5.24. The van der Waals surface area contributed by atoms with Gasteiger partial charge in [-0.25, -0.2) is 0 Å². The lowest BCUT2D eigenvalue weighted by Gasteiger charge is -2.15. The van der Waals surface area contributed by atoms with Gasteiger partial charge in [-0.05, 0) is 30.9 Å². The van der Waals surface area contributed by atoms with Gasteiger partial charge < -0.3 is 14.8 Å². The van der Waals surface area contributed by atoms with Crippen LogP contribution in [0.1, 0.15) is 51.7 Å². The number of rotatable bonds is 10. The van der Waals surface area contributed by atoms with Crippen LogP contribution in [0.4, 0.5) is 0 Å². The number of benzene rings is 1. The smallest absolute Gasteiger partial charge is 0.0718 e. The van der Waals surface area contributed by atoms with E-state index in [0.29, 0.717) is 31.8 Å². The first kappa shape index (κ1) is 18.1. The molecular weight excluding hydrogens is 262 g/mol. The monoisotopic (exact) mass is 293 g/mol. The van der Waals surface area contributed by atoms with Gasteiger partial charge in [0.25, 0.3) is 0 Å². The van der Waals surface area contributed by atoms with Gasteiger partial charge in [0.2, 0.25) is 0 Å². The fourth-order valence-corrected chi connectivity index (χ4v) is 2.01. The molecule has 1 aromatic carbocycles. The van der Waals surface area contributed by atoms with E-state index in [-0.39, 0.29) is 6.10 Å². The third-order valence-electron chi connectivity index (χ3n) is 3.33. The lowest BCUT2D eigenvalue weighted by atomic mass is 9.99. The van der Waals surface area contributed by atoms with E-state index >= 15 is 0 Å². The molecule has 0 aliphatic rings. The predicted octanol–water partition coefficient (Wildman–Crippen LogP) is 3.73. The summed E-state index contributed by atoms with van der Waals surface area (Å²) < 4.78 is 11.1. The molecule has 120 valence electrons. The van der Waals surface area contributed by atoms with Crippen LogP contribution in [0.25, 0.3) is 0 Å². The molecule has 0 saturated heterocycles. The molecule has 0 fully saturated rings. The molecule has 1 atom stereocenters. The van der Waals surface area contributed by atoms with Gasteiger partial charge in [-0.15, -0.1) is 0 Å². The molecule has 1 rings (SSSR count). The first-order valence-corrected chi connectivity index (χ1v) is 8.00. The highest BCUT2D eigenvalue weighted by Crippen LogP contribution is 2.15. The third kappa shape index (κ3) is 8.20. The van der Waals surface area contributed by atoms with Gasteiger partial charge in [0, 0.05) is 12.6 Å². The van der Waals surface area contributed by atoms with Crippen LogP contribution < -0.4 is 5.32 Å². The van der Waals surface area contributed by atoms with Crippen molar-refractivity contribution in [2.75, 3.05) is 19.8 Å². The maximum absolute atomic E-state index is 5.61. The van der Waals surface area contributed by atoms with Gasteiger partial charge in [0.15, 0.2) is 0 Å². The third-order valence-corrected chi connectivity index (χ3v) is 3.33. The highest BCUT2D eigenvalue weighted by Gasteiger charge is 2.06.